The standard InChI is InChI=1S/C20H12ClN3O3S/c21-13-7-5-11(6-8-13)18-17(20(26)27)12(10-28-18)9-16(25)19-22-14-3-1-2-4-15(14)23-24-19/h1-8,10H,9H2,(H,26,27). The number of rotatable bonds is 5. The summed E-state index contributed by atoms with van der Waals surface area (Å²) in [7, 11) is 0. The minimum absolute atomic E-state index is 0.0331. The van der Waals surface area contributed by atoms with E-state index in [-0.39, 0.29) is 23.6 Å². The van der Waals surface area contributed by atoms with Gasteiger partial charge in [0.15, 0.2) is 0 Å². The molecule has 0 atom stereocenters. The number of aromatic nitrogens is 3. The monoisotopic (exact) mass is 409 g/mol. The van der Waals surface area contributed by atoms with Crippen LogP contribution in [0.5, 0.6) is 0 Å². The molecule has 0 aliphatic heterocycles. The molecule has 1 N–H and O–H groups in total. The smallest absolute Gasteiger partial charge is 0.337 e. The fourth-order valence-corrected chi connectivity index (χ4v) is 4.02. The molecule has 0 aliphatic rings. The molecule has 0 bridgehead atoms. The van der Waals surface area contributed by atoms with Crippen molar-refractivity contribution in [3.63, 3.8) is 0 Å². The van der Waals surface area contributed by atoms with Crippen molar-refractivity contribution in [2.45, 2.75) is 6.42 Å². The first-order valence-electron chi connectivity index (χ1n) is 8.25. The van der Waals surface area contributed by atoms with Crippen molar-refractivity contribution in [1.29, 1.82) is 0 Å². The van der Waals surface area contributed by atoms with Crippen molar-refractivity contribution >= 4 is 45.7 Å². The molecule has 4 rings (SSSR count). The summed E-state index contributed by atoms with van der Waals surface area (Å²) < 4.78 is 0. The van der Waals surface area contributed by atoms with E-state index in [1.165, 1.54) is 11.3 Å². The van der Waals surface area contributed by atoms with Gasteiger partial charge in [-0.3, -0.25) is 4.79 Å². The number of halogens is 1. The van der Waals surface area contributed by atoms with E-state index in [4.69, 9.17) is 11.6 Å². The van der Waals surface area contributed by atoms with Crippen LogP contribution in [0.2, 0.25) is 5.02 Å². The van der Waals surface area contributed by atoms with E-state index in [2.05, 4.69) is 15.2 Å². The molecule has 2 heterocycles. The average molecular weight is 410 g/mol. The maximum absolute atomic E-state index is 12.7. The average Bonchev–Trinajstić information content (AvgIpc) is 3.12. The summed E-state index contributed by atoms with van der Waals surface area (Å²) in [6.07, 6.45) is -0.119. The number of benzene rings is 2. The summed E-state index contributed by atoms with van der Waals surface area (Å²) in [6.45, 7) is 0. The Kier molecular flexibility index (Phi) is 4.85. The van der Waals surface area contributed by atoms with E-state index in [9.17, 15) is 14.7 Å². The van der Waals surface area contributed by atoms with Gasteiger partial charge in [0.1, 0.15) is 5.52 Å². The molecular weight excluding hydrogens is 398 g/mol. The third-order valence-corrected chi connectivity index (χ3v) is 5.48. The zero-order valence-corrected chi connectivity index (χ0v) is 15.9. The normalized spacial score (nSPS) is 10.9. The van der Waals surface area contributed by atoms with Gasteiger partial charge >= 0.3 is 5.97 Å². The van der Waals surface area contributed by atoms with E-state index in [0.717, 1.165) is 5.56 Å². The number of fused-ring (bicyclic) bond motifs is 1. The third-order valence-electron chi connectivity index (χ3n) is 4.15. The first-order chi connectivity index (χ1) is 13.5. The minimum Gasteiger partial charge on any atom is -0.478 e. The molecule has 0 amide bonds. The largest absolute Gasteiger partial charge is 0.478 e. The summed E-state index contributed by atoms with van der Waals surface area (Å²) in [5.74, 6) is -1.51. The Morgan fingerprint density at radius 3 is 2.43 bits per heavy atom. The number of carboxylic acid groups (broad SMARTS) is 1. The molecule has 138 valence electrons. The molecule has 0 saturated carbocycles. The van der Waals surface area contributed by atoms with Crippen LogP contribution >= 0.6 is 22.9 Å². The minimum atomic E-state index is -1.09. The molecular formula is C20H12ClN3O3S. The van der Waals surface area contributed by atoms with Crippen molar-refractivity contribution in [2.75, 3.05) is 0 Å². The molecule has 28 heavy (non-hydrogen) atoms. The quantitative estimate of drug-likeness (QED) is 0.487. The lowest BCUT2D eigenvalue weighted by Crippen LogP contribution is -2.12. The zero-order valence-electron chi connectivity index (χ0n) is 14.3. The number of carbonyl (C=O) groups is 2. The van der Waals surface area contributed by atoms with Crippen molar-refractivity contribution in [3.05, 3.63) is 75.9 Å². The van der Waals surface area contributed by atoms with Gasteiger partial charge in [-0.15, -0.1) is 21.5 Å². The summed E-state index contributed by atoms with van der Waals surface area (Å²) in [6, 6.07) is 14.0. The van der Waals surface area contributed by atoms with Crippen molar-refractivity contribution in [3.8, 4) is 10.4 Å². The maximum Gasteiger partial charge on any atom is 0.337 e. The van der Waals surface area contributed by atoms with Crippen LogP contribution in [-0.2, 0) is 6.42 Å². The number of ketones is 1. The highest BCUT2D eigenvalue weighted by molar-refractivity contribution is 7.14. The molecule has 0 radical (unpaired) electrons. The lowest BCUT2D eigenvalue weighted by molar-refractivity contribution is 0.0697. The summed E-state index contributed by atoms with van der Waals surface area (Å²) >= 11 is 7.18. The second kappa shape index (κ2) is 7.46. The number of para-hydroxylation sites is 1. The van der Waals surface area contributed by atoms with Gasteiger partial charge < -0.3 is 5.11 Å². The first-order valence-corrected chi connectivity index (χ1v) is 9.51. The maximum atomic E-state index is 12.7. The van der Waals surface area contributed by atoms with Crippen LogP contribution in [0.25, 0.3) is 21.5 Å². The van der Waals surface area contributed by atoms with Crippen LogP contribution in [0, 0.1) is 0 Å². The number of hydrogen-bond acceptors (Lipinski definition) is 6. The highest BCUT2D eigenvalue weighted by Gasteiger charge is 2.23. The van der Waals surface area contributed by atoms with Gasteiger partial charge in [-0.2, -0.15) is 0 Å². The van der Waals surface area contributed by atoms with Crippen LogP contribution in [0.15, 0.2) is 53.9 Å². The molecule has 2 aromatic heterocycles. The fourth-order valence-electron chi connectivity index (χ4n) is 2.82. The topological polar surface area (TPSA) is 93.0 Å². The number of hydrogen-bond donors (Lipinski definition) is 1. The van der Waals surface area contributed by atoms with E-state index in [1.807, 2.05) is 6.07 Å². The van der Waals surface area contributed by atoms with Crippen molar-refractivity contribution in [1.82, 2.24) is 15.2 Å². The second-order valence-electron chi connectivity index (χ2n) is 6.00. The van der Waals surface area contributed by atoms with Gasteiger partial charge in [-0.05, 0) is 40.8 Å². The number of carbonyl (C=O) groups excluding carboxylic acids is 1. The number of carboxylic acids is 1. The van der Waals surface area contributed by atoms with Gasteiger partial charge in [0.2, 0.25) is 11.6 Å². The Hall–Kier alpha value is -3.16. The van der Waals surface area contributed by atoms with Crippen molar-refractivity contribution < 1.29 is 14.7 Å². The molecule has 0 fully saturated rings. The Morgan fingerprint density at radius 2 is 1.71 bits per heavy atom. The Bertz CT molecular complexity index is 1210. The van der Waals surface area contributed by atoms with Crippen molar-refractivity contribution in [2.24, 2.45) is 0 Å². The third kappa shape index (κ3) is 3.49. The van der Waals surface area contributed by atoms with E-state index in [0.29, 0.717) is 26.5 Å². The Labute approximate surface area is 168 Å². The molecule has 0 unspecified atom stereocenters. The summed E-state index contributed by atoms with van der Waals surface area (Å²) in [5, 5.41) is 19.8. The fraction of sp³-hybridized carbons (Fsp3) is 0.0500. The van der Waals surface area contributed by atoms with Gasteiger partial charge in [0.25, 0.3) is 0 Å². The molecule has 4 aromatic rings. The van der Waals surface area contributed by atoms with Crippen LogP contribution in [0.3, 0.4) is 0 Å². The number of thiophene rings is 1. The second-order valence-corrected chi connectivity index (χ2v) is 7.32. The predicted octanol–water partition coefficient (Wildman–Crippen LogP) is 4.53. The SMILES string of the molecule is O=C(Cc1csc(-c2ccc(Cl)cc2)c1C(=O)O)c1nnc2ccccc2n1. The predicted molar refractivity (Wildman–Crippen MR) is 107 cm³/mol. The summed E-state index contributed by atoms with van der Waals surface area (Å²) in [4.78, 5) is 29.3. The highest BCUT2D eigenvalue weighted by atomic mass is 35.5. The molecule has 0 saturated heterocycles. The lowest BCUT2D eigenvalue weighted by atomic mass is 10.0. The molecule has 0 aliphatic carbocycles. The van der Waals surface area contributed by atoms with Crippen LogP contribution in [0.4, 0.5) is 0 Å². The van der Waals surface area contributed by atoms with E-state index < -0.39 is 5.97 Å². The van der Waals surface area contributed by atoms with E-state index in [1.54, 1.807) is 47.8 Å². The van der Waals surface area contributed by atoms with Gasteiger partial charge in [0.05, 0.1) is 11.1 Å². The van der Waals surface area contributed by atoms with Crippen LogP contribution in [0.1, 0.15) is 26.5 Å². The molecule has 0 spiro atoms. The molecule has 8 heteroatoms. The number of nitrogens with zero attached hydrogens (tertiary/aromatic N) is 3. The van der Waals surface area contributed by atoms with Gasteiger partial charge in [-0.25, -0.2) is 9.78 Å². The van der Waals surface area contributed by atoms with E-state index >= 15 is 0 Å². The number of Topliss-reactive ketones (excluding diaryl/α,β-unsaturated/α-hetero) is 1. The Balaban J connectivity index is 1.68. The number of aromatic carboxylic acids is 1. The molecule has 2 aromatic carbocycles. The lowest BCUT2D eigenvalue weighted by Gasteiger charge is -2.04. The first kappa shape index (κ1) is 18.2. The van der Waals surface area contributed by atoms with Crippen LogP contribution in [-0.4, -0.2) is 32.0 Å². The zero-order chi connectivity index (χ0) is 19.7. The van der Waals surface area contributed by atoms with Gasteiger partial charge in [0, 0.05) is 16.3 Å². The van der Waals surface area contributed by atoms with Gasteiger partial charge in [-0.1, -0.05) is 35.9 Å². The summed E-state index contributed by atoms with van der Waals surface area (Å²) in [5.41, 5.74) is 2.41. The van der Waals surface area contributed by atoms with Crippen LogP contribution < -0.4 is 0 Å². The Morgan fingerprint density at radius 1 is 1.00 bits per heavy atom. The molecule has 6 nitrogen and oxygen atoms in total. The highest BCUT2D eigenvalue weighted by Crippen LogP contribution is 2.34.